The Kier molecular flexibility index (Phi) is 15.2. The minimum Gasteiger partial charge on any atom is -0.493 e. The van der Waals surface area contributed by atoms with Crippen molar-refractivity contribution in [3.8, 4) is 5.75 Å². The van der Waals surface area contributed by atoms with Crippen molar-refractivity contribution in [2.75, 3.05) is 11.9 Å². The molecule has 0 aliphatic carbocycles. The lowest BCUT2D eigenvalue weighted by molar-refractivity contribution is -0.159. The van der Waals surface area contributed by atoms with Crippen LogP contribution in [0.3, 0.4) is 0 Å². The number of unbranched alkanes of at least 4 members (excludes halogenated alkanes) is 1. The van der Waals surface area contributed by atoms with Crippen molar-refractivity contribution in [1.29, 1.82) is 0 Å². The molecule has 0 radical (unpaired) electrons. The quantitative estimate of drug-likeness (QED) is 0.0411. The first-order valence-corrected chi connectivity index (χ1v) is 21.2. The number of thioether (sulfide) groups is 1. The third-order valence-corrected chi connectivity index (χ3v) is 12.1. The number of carboxylic acid groups (broad SMARTS) is 1. The largest absolute Gasteiger partial charge is 0.493 e. The zero-order chi connectivity index (χ0) is 43.7. The lowest BCUT2D eigenvalue weighted by Crippen LogP contribution is -2.70. The zero-order valence-electron chi connectivity index (χ0n) is 34.8. The summed E-state index contributed by atoms with van der Waals surface area (Å²) in [5, 5.41) is 30.2. The molecule has 14 nitrogen and oxygen atoms in total. The Morgan fingerprint density at radius 3 is 2.22 bits per heavy atom. The van der Waals surface area contributed by atoms with Gasteiger partial charge in [0, 0.05) is 22.8 Å². The van der Waals surface area contributed by atoms with Crippen LogP contribution < -0.4 is 26.2 Å². The first-order chi connectivity index (χ1) is 28.6. The Morgan fingerprint density at radius 2 is 1.57 bits per heavy atom. The van der Waals surface area contributed by atoms with Crippen LogP contribution >= 0.6 is 11.8 Å². The van der Waals surface area contributed by atoms with Crippen molar-refractivity contribution in [3.63, 3.8) is 0 Å². The molecule has 2 saturated heterocycles. The highest BCUT2D eigenvalue weighted by Crippen LogP contribution is 2.51. The maximum Gasteiger partial charge on any atom is 0.327 e. The molecule has 15 heteroatoms. The van der Waals surface area contributed by atoms with E-state index in [1.807, 2.05) is 100 Å². The van der Waals surface area contributed by atoms with Gasteiger partial charge in [0.05, 0.1) is 12.2 Å². The SMILES string of the molecule is CCCC[C@H](CC(=O)NO)C(=O)N[C@@H](CC(C)C)C(=O)Nc1ccc2ccccc2c1.CCOc1ccc2ccccc2c1C(=O)N[C@@H]1C(=O)N2[C@@H]1SC(C)(C)[C@@H]2C(=O)O. The molecule has 0 bridgehead atoms. The van der Waals surface area contributed by atoms with Crippen LogP contribution in [0.4, 0.5) is 5.69 Å². The van der Waals surface area contributed by atoms with Crippen LogP contribution in [0.5, 0.6) is 5.75 Å². The normalized spacial score (nSPS) is 18.6. The number of hydrogen-bond donors (Lipinski definition) is 6. The summed E-state index contributed by atoms with van der Waals surface area (Å²) < 4.78 is 5.02. The van der Waals surface area contributed by atoms with Gasteiger partial charge in [-0.05, 0) is 79.3 Å². The summed E-state index contributed by atoms with van der Waals surface area (Å²) in [7, 11) is 0. The number of ether oxygens (including phenoxy) is 1. The van der Waals surface area contributed by atoms with E-state index in [4.69, 9.17) is 9.94 Å². The molecular weight excluding hydrogens is 787 g/mol. The Labute approximate surface area is 354 Å². The van der Waals surface area contributed by atoms with Crippen LogP contribution in [0.2, 0.25) is 0 Å². The summed E-state index contributed by atoms with van der Waals surface area (Å²) in [5.74, 6) is -3.03. The van der Waals surface area contributed by atoms with E-state index >= 15 is 0 Å². The first-order valence-electron chi connectivity index (χ1n) is 20.3. The van der Waals surface area contributed by atoms with Gasteiger partial charge in [-0.1, -0.05) is 94.3 Å². The van der Waals surface area contributed by atoms with Gasteiger partial charge in [-0.2, -0.15) is 0 Å². The van der Waals surface area contributed by atoms with Crippen molar-refractivity contribution in [2.24, 2.45) is 11.8 Å². The second-order valence-electron chi connectivity index (χ2n) is 16.0. The van der Waals surface area contributed by atoms with Crippen molar-refractivity contribution in [2.45, 2.75) is 102 Å². The molecule has 2 heterocycles. The average Bonchev–Trinajstić information content (AvgIpc) is 3.48. The molecule has 6 rings (SSSR count). The molecule has 60 heavy (non-hydrogen) atoms. The molecule has 0 saturated carbocycles. The highest BCUT2D eigenvalue weighted by Gasteiger charge is 2.64. The Hall–Kier alpha value is -5.67. The minimum absolute atomic E-state index is 0.122. The van der Waals surface area contributed by atoms with E-state index in [9.17, 15) is 33.9 Å². The molecule has 6 N–H and O–H groups in total. The number of aliphatic carboxylic acids is 1. The number of benzene rings is 4. The van der Waals surface area contributed by atoms with E-state index < -0.39 is 51.9 Å². The number of carboxylic acids is 1. The predicted octanol–water partition coefficient (Wildman–Crippen LogP) is 6.49. The Bertz CT molecular complexity index is 2230. The minimum atomic E-state index is -1.03. The second kappa shape index (κ2) is 20.1. The molecule has 0 spiro atoms. The predicted molar refractivity (Wildman–Crippen MR) is 232 cm³/mol. The molecule has 5 amide bonds. The standard InChI is InChI=1S/C24H33N3O4.C21H22N2O5S/c1-4-5-8-19(15-22(28)27-31)23(29)26-21(13-16(2)3)24(30)25-20-12-11-17-9-6-7-10-18(17)14-20;1-4-28-13-10-9-11-7-5-6-8-12(11)14(13)17(24)22-15-18(25)23-16(20(26)27)21(2,3)29-19(15)23/h6-7,9-12,14,16,19,21,31H,4-5,8,13,15H2,1-3H3,(H,25,30)(H,26,29)(H,27,28);5-10,15-16,19H,4H2,1-3H3,(H,22,24)(H,26,27)/t19-,21+;15-,16+,19-/m11/s1. The van der Waals surface area contributed by atoms with Crippen molar-refractivity contribution < 1.29 is 43.8 Å². The summed E-state index contributed by atoms with van der Waals surface area (Å²) in [6.07, 6.45) is 2.51. The van der Waals surface area contributed by atoms with Crippen LogP contribution in [0.15, 0.2) is 78.9 Å². The fraction of sp³-hybridized carbons (Fsp3) is 0.422. The second-order valence-corrected chi connectivity index (χ2v) is 17.7. The number of hydroxylamine groups is 1. The van der Waals surface area contributed by atoms with E-state index in [-0.39, 0.29) is 30.1 Å². The smallest absolute Gasteiger partial charge is 0.327 e. The average molecular weight is 842 g/mol. The topological polar surface area (TPSA) is 203 Å². The number of carbonyl (C=O) groups excluding carboxylic acids is 5. The number of nitrogens with zero attached hydrogens (tertiary/aromatic N) is 1. The molecule has 2 aliphatic heterocycles. The summed E-state index contributed by atoms with van der Waals surface area (Å²) in [4.78, 5) is 76.4. The third-order valence-electron chi connectivity index (χ3n) is 10.6. The van der Waals surface area contributed by atoms with E-state index in [2.05, 4.69) is 16.0 Å². The van der Waals surface area contributed by atoms with Gasteiger partial charge in [-0.25, -0.2) is 10.3 Å². The molecule has 2 fully saturated rings. The number of fused-ring (bicyclic) bond motifs is 3. The van der Waals surface area contributed by atoms with Gasteiger partial charge in [0.25, 0.3) is 5.91 Å². The van der Waals surface area contributed by atoms with Crippen LogP contribution in [-0.4, -0.2) is 85.6 Å². The van der Waals surface area contributed by atoms with Gasteiger partial charge in [-0.15, -0.1) is 11.8 Å². The van der Waals surface area contributed by atoms with Gasteiger partial charge in [0.1, 0.15) is 29.2 Å². The van der Waals surface area contributed by atoms with Gasteiger partial charge in [0.2, 0.25) is 23.6 Å². The summed E-state index contributed by atoms with van der Waals surface area (Å²) >= 11 is 1.40. The molecule has 4 aromatic rings. The number of nitrogens with one attached hydrogen (secondary N) is 4. The Morgan fingerprint density at radius 1 is 0.900 bits per heavy atom. The number of amides is 5. The Balaban J connectivity index is 0.000000228. The van der Waals surface area contributed by atoms with Crippen LogP contribution in [0, 0.1) is 11.8 Å². The summed E-state index contributed by atoms with van der Waals surface area (Å²) in [5.41, 5.74) is 2.63. The lowest BCUT2D eigenvalue weighted by atomic mass is 9.95. The molecular formula is C45H55N5O9S. The van der Waals surface area contributed by atoms with Crippen LogP contribution in [-0.2, 0) is 24.0 Å². The number of β-lactam (4-membered cyclic amide) rings is 1. The van der Waals surface area contributed by atoms with Crippen LogP contribution in [0.25, 0.3) is 21.5 Å². The van der Waals surface area contributed by atoms with E-state index in [1.165, 1.54) is 16.7 Å². The highest BCUT2D eigenvalue weighted by atomic mass is 32.2. The lowest BCUT2D eigenvalue weighted by Gasteiger charge is -2.43. The summed E-state index contributed by atoms with van der Waals surface area (Å²) in [6.45, 7) is 11.8. The maximum atomic E-state index is 13.2. The first kappa shape index (κ1) is 45.4. The van der Waals surface area contributed by atoms with Crippen molar-refractivity contribution in [1.82, 2.24) is 21.0 Å². The van der Waals surface area contributed by atoms with Crippen LogP contribution in [0.1, 0.15) is 84.0 Å². The number of hydrogen-bond acceptors (Lipinski definition) is 9. The van der Waals surface area contributed by atoms with Gasteiger partial charge >= 0.3 is 5.97 Å². The number of anilines is 1. The van der Waals surface area contributed by atoms with Gasteiger partial charge < -0.3 is 30.7 Å². The number of carbonyl (C=O) groups is 6. The van der Waals surface area contributed by atoms with E-state index in [0.717, 1.165) is 34.4 Å². The van der Waals surface area contributed by atoms with E-state index in [1.54, 1.807) is 25.4 Å². The molecule has 0 unspecified atom stereocenters. The molecule has 320 valence electrons. The third kappa shape index (κ3) is 10.5. The van der Waals surface area contributed by atoms with Crippen molar-refractivity contribution >= 4 is 74.5 Å². The monoisotopic (exact) mass is 841 g/mol. The fourth-order valence-electron chi connectivity index (χ4n) is 7.66. The van der Waals surface area contributed by atoms with Gasteiger partial charge in [-0.3, -0.25) is 29.2 Å². The maximum absolute atomic E-state index is 13.2. The zero-order valence-corrected chi connectivity index (χ0v) is 35.6. The molecule has 0 aromatic heterocycles. The molecule has 4 aromatic carbocycles. The van der Waals surface area contributed by atoms with E-state index in [0.29, 0.717) is 36.4 Å². The fourth-order valence-corrected chi connectivity index (χ4v) is 9.28. The number of rotatable bonds is 16. The van der Waals surface area contributed by atoms with Crippen molar-refractivity contribution in [3.05, 3.63) is 84.4 Å². The highest BCUT2D eigenvalue weighted by molar-refractivity contribution is 8.01. The molecule has 5 atom stereocenters. The summed E-state index contributed by atoms with van der Waals surface area (Å²) in [6, 6.07) is 22.3. The molecule has 2 aliphatic rings. The van der Waals surface area contributed by atoms with Gasteiger partial charge in [0.15, 0.2) is 0 Å².